The molecule has 0 saturated carbocycles. The first kappa shape index (κ1) is 15.0. The Hall–Kier alpha value is -2.89. The number of nitrogens with one attached hydrogen (secondary N) is 1. The first-order valence-electron chi connectivity index (χ1n) is 7.44. The van der Waals surface area contributed by atoms with E-state index in [1.165, 1.54) is 5.56 Å². The highest BCUT2D eigenvalue weighted by molar-refractivity contribution is 5.94. The molecule has 0 spiro atoms. The summed E-state index contributed by atoms with van der Waals surface area (Å²) in [7, 11) is 1.83. The van der Waals surface area contributed by atoms with Crippen LogP contribution in [0, 0.1) is 6.92 Å². The molecule has 0 atom stereocenters. The van der Waals surface area contributed by atoms with Gasteiger partial charge in [0.15, 0.2) is 0 Å². The summed E-state index contributed by atoms with van der Waals surface area (Å²) in [5.41, 5.74) is 3.71. The van der Waals surface area contributed by atoms with E-state index in [0.717, 1.165) is 17.8 Å². The topological polar surface area (TPSA) is 64.7 Å². The summed E-state index contributed by atoms with van der Waals surface area (Å²) in [5.74, 6) is -0.101. The molecule has 3 rings (SSSR count). The van der Waals surface area contributed by atoms with Gasteiger partial charge in [-0.15, -0.1) is 0 Å². The molecule has 6 nitrogen and oxygen atoms in total. The van der Waals surface area contributed by atoms with Crippen LogP contribution in [0.25, 0.3) is 0 Å². The zero-order chi connectivity index (χ0) is 16.2. The Kier molecular flexibility index (Phi) is 4.23. The highest BCUT2D eigenvalue weighted by atomic mass is 16.1. The van der Waals surface area contributed by atoms with E-state index in [0.29, 0.717) is 12.1 Å². The van der Waals surface area contributed by atoms with Gasteiger partial charge in [0.1, 0.15) is 0 Å². The van der Waals surface area contributed by atoms with Crippen molar-refractivity contribution in [2.24, 2.45) is 7.05 Å². The number of carbonyl (C=O) groups excluding carboxylic acids is 1. The summed E-state index contributed by atoms with van der Waals surface area (Å²) in [4.78, 5) is 16.3. The molecule has 1 N–H and O–H groups in total. The maximum Gasteiger partial charge on any atom is 0.255 e. The van der Waals surface area contributed by atoms with Gasteiger partial charge < -0.3 is 9.88 Å². The number of amides is 1. The first-order valence-corrected chi connectivity index (χ1v) is 7.44. The summed E-state index contributed by atoms with van der Waals surface area (Å²) in [5, 5.41) is 7.04. The average Bonchev–Trinajstić information content (AvgIpc) is 3.17. The van der Waals surface area contributed by atoms with E-state index < -0.39 is 0 Å². The molecule has 0 aliphatic carbocycles. The van der Waals surface area contributed by atoms with Crippen LogP contribution in [-0.2, 0) is 20.1 Å². The lowest BCUT2D eigenvalue weighted by Gasteiger charge is -2.08. The number of aryl methyl sites for hydroxylation is 1. The second-order valence-corrected chi connectivity index (χ2v) is 5.50. The number of rotatable bonds is 5. The molecule has 1 aromatic carbocycles. The van der Waals surface area contributed by atoms with Gasteiger partial charge in [-0.1, -0.05) is 24.3 Å². The van der Waals surface area contributed by atoms with Gasteiger partial charge in [-0.2, -0.15) is 5.10 Å². The van der Waals surface area contributed by atoms with Crippen LogP contribution < -0.4 is 5.32 Å². The van der Waals surface area contributed by atoms with Crippen LogP contribution >= 0.6 is 0 Å². The molecule has 0 saturated heterocycles. The summed E-state index contributed by atoms with van der Waals surface area (Å²) in [6.45, 7) is 3.14. The second-order valence-electron chi connectivity index (χ2n) is 5.50. The number of benzene rings is 1. The average molecular weight is 309 g/mol. The monoisotopic (exact) mass is 309 g/mol. The zero-order valence-corrected chi connectivity index (χ0v) is 13.2. The molecule has 2 aromatic heterocycles. The molecule has 0 bridgehead atoms. The molecule has 118 valence electrons. The number of imidazole rings is 1. The van der Waals surface area contributed by atoms with E-state index in [4.69, 9.17) is 0 Å². The number of hydrogen-bond donors (Lipinski definition) is 1. The minimum atomic E-state index is -0.101. The Morgan fingerprint density at radius 2 is 2.13 bits per heavy atom. The van der Waals surface area contributed by atoms with Crippen molar-refractivity contribution in [1.82, 2.24) is 24.6 Å². The number of nitrogens with zero attached hydrogens (tertiary/aromatic N) is 4. The largest absolute Gasteiger partial charge is 0.348 e. The van der Waals surface area contributed by atoms with Crippen LogP contribution in [0.1, 0.15) is 27.2 Å². The van der Waals surface area contributed by atoms with E-state index >= 15 is 0 Å². The fourth-order valence-electron chi connectivity index (χ4n) is 2.43. The fraction of sp³-hybridized carbons (Fsp3) is 0.235. The predicted molar refractivity (Wildman–Crippen MR) is 86.9 cm³/mol. The van der Waals surface area contributed by atoms with Crippen LogP contribution in [0.2, 0.25) is 0 Å². The third-order valence-corrected chi connectivity index (χ3v) is 3.85. The van der Waals surface area contributed by atoms with Gasteiger partial charge in [0.2, 0.25) is 0 Å². The third kappa shape index (κ3) is 3.48. The molecule has 0 aliphatic rings. The van der Waals surface area contributed by atoms with E-state index in [1.807, 2.05) is 36.9 Å². The van der Waals surface area contributed by atoms with Crippen molar-refractivity contribution < 1.29 is 4.79 Å². The van der Waals surface area contributed by atoms with Gasteiger partial charge in [0, 0.05) is 38.2 Å². The molecule has 0 radical (unpaired) electrons. The molecule has 3 aromatic rings. The van der Waals surface area contributed by atoms with Crippen molar-refractivity contribution in [1.29, 1.82) is 0 Å². The molecule has 6 heteroatoms. The molecule has 0 fully saturated rings. The van der Waals surface area contributed by atoms with E-state index in [2.05, 4.69) is 27.5 Å². The normalized spacial score (nSPS) is 10.7. The standard InChI is InChI=1S/C17H19N5O/c1-13-16(10-20-21(13)2)17(23)19-9-14-4-3-5-15(8-14)11-22-7-6-18-12-22/h3-8,10,12H,9,11H2,1-2H3,(H,19,23). The third-order valence-electron chi connectivity index (χ3n) is 3.85. The van der Waals surface area contributed by atoms with Crippen LogP contribution in [0.5, 0.6) is 0 Å². The van der Waals surface area contributed by atoms with Crippen molar-refractivity contribution in [3.63, 3.8) is 0 Å². The number of carbonyl (C=O) groups is 1. The summed E-state index contributed by atoms with van der Waals surface area (Å²) < 4.78 is 3.71. The summed E-state index contributed by atoms with van der Waals surface area (Å²) in [6, 6.07) is 8.17. The van der Waals surface area contributed by atoms with Crippen molar-refractivity contribution in [3.8, 4) is 0 Å². The van der Waals surface area contributed by atoms with Crippen LogP contribution in [0.3, 0.4) is 0 Å². The van der Waals surface area contributed by atoms with Crippen molar-refractivity contribution in [2.45, 2.75) is 20.0 Å². The molecule has 2 heterocycles. The molecular formula is C17H19N5O. The Balaban J connectivity index is 1.64. The van der Waals surface area contributed by atoms with Gasteiger partial charge in [-0.05, 0) is 18.1 Å². The van der Waals surface area contributed by atoms with Crippen LogP contribution in [0.4, 0.5) is 0 Å². The Labute approximate surface area is 134 Å². The zero-order valence-electron chi connectivity index (χ0n) is 13.2. The Morgan fingerprint density at radius 1 is 1.30 bits per heavy atom. The lowest BCUT2D eigenvalue weighted by atomic mass is 10.1. The Bertz CT molecular complexity index is 804. The van der Waals surface area contributed by atoms with Crippen molar-refractivity contribution in [2.75, 3.05) is 0 Å². The van der Waals surface area contributed by atoms with Crippen molar-refractivity contribution in [3.05, 3.63) is 71.6 Å². The van der Waals surface area contributed by atoms with E-state index in [-0.39, 0.29) is 5.91 Å². The highest BCUT2D eigenvalue weighted by Gasteiger charge is 2.12. The van der Waals surface area contributed by atoms with Gasteiger partial charge in [0.25, 0.3) is 5.91 Å². The smallest absolute Gasteiger partial charge is 0.255 e. The van der Waals surface area contributed by atoms with E-state index in [1.54, 1.807) is 23.4 Å². The minimum absolute atomic E-state index is 0.101. The SMILES string of the molecule is Cc1c(C(=O)NCc2cccc(Cn3ccnc3)c2)cnn1C. The lowest BCUT2D eigenvalue weighted by molar-refractivity contribution is 0.0950. The second kappa shape index (κ2) is 6.48. The van der Waals surface area contributed by atoms with Crippen molar-refractivity contribution >= 4 is 5.91 Å². The lowest BCUT2D eigenvalue weighted by Crippen LogP contribution is -2.23. The minimum Gasteiger partial charge on any atom is -0.348 e. The fourth-order valence-corrected chi connectivity index (χ4v) is 2.43. The molecule has 1 amide bonds. The maximum absolute atomic E-state index is 12.2. The highest BCUT2D eigenvalue weighted by Crippen LogP contribution is 2.09. The van der Waals surface area contributed by atoms with Gasteiger partial charge in [-0.3, -0.25) is 9.48 Å². The maximum atomic E-state index is 12.2. The summed E-state index contributed by atoms with van der Waals surface area (Å²) in [6.07, 6.45) is 7.08. The number of aromatic nitrogens is 4. The molecular weight excluding hydrogens is 290 g/mol. The summed E-state index contributed by atoms with van der Waals surface area (Å²) >= 11 is 0. The first-order chi connectivity index (χ1) is 11.1. The predicted octanol–water partition coefficient (Wildman–Crippen LogP) is 1.90. The number of hydrogen-bond acceptors (Lipinski definition) is 3. The van der Waals surface area contributed by atoms with Gasteiger partial charge >= 0.3 is 0 Å². The molecule has 23 heavy (non-hydrogen) atoms. The molecule has 0 aliphatic heterocycles. The van der Waals surface area contributed by atoms with Crippen LogP contribution in [-0.4, -0.2) is 25.2 Å². The Morgan fingerprint density at radius 3 is 2.83 bits per heavy atom. The van der Waals surface area contributed by atoms with Gasteiger partial charge in [-0.25, -0.2) is 4.98 Å². The van der Waals surface area contributed by atoms with E-state index in [9.17, 15) is 4.79 Å². The van der Waals surface area contributed by atoms with Crippen LogP contribution in [0.15, 0.2) is 49.2 Å². The van der Waals surface area contributed by atoms with Gasteiger partial charge in [0.05, 0.1) is 18.1 Å². The quantitative estimate of drug-likeness (QED) is 0.783. The molecule has 0 unspecified atom stereocenters.